The third-order valence-corrected chi connectivity index (χ3v) is 3.89. The number of fused-ring (bicyclic) bond motifs is 1. The van der Waals surface area contributed by atoms with E-state index < -0.39 is 6.10 Å². The minimum absolute atomic E-state index is 0.131. The highest BCUT2D eigenvalue weighted by molar-refractivity contribution is 5.93. The number of rotatable bonds is 4. The third-order valence-electron chi connectivity index (χ3n) is 3.89. The van der Waals surface area contributed by atoms with Gasteiger partial charge < -0.3 is 10.1 Å². The molecule has 3 nitrogen and oxygen atoms in total. The summed E-state index contributed by atoms with van der Waals surface area (Å²) in [6.07, 6.45) is 13.5. The van der Waals surface area contributed by atoms with Gasteiger partial charge in [0, 0.05) is 17.5 Å². The van der Waals surface area contributed by atoms with Gasteiger partial charge in [-0.25, -0.2) is 4.39 Å². The van der Waals surface area contributed by atoms with Crippen LogP contribution in [-0.4, -0.2) is 12.0 Å². The van der Waals surface area contributed by atoms with Crippen LogP contribution in [0.1, 0.15) is 6.92 Å². The highest BCUT2D eigenvalue weighted by Crippen LogP contribution is 2.32. The summed E-state index contributed by atoms with van der Waals surface area (Å²) in [6, 6.07) is 5.65. The van der Waals surface area contributed by atoms with E-state index in [2.05, 4.69) is 23.5 Å². The Hall–Kier alpha value is -2.62. The quantitative estimate of drug-likeness (QED) is 0.913. The molecule has 0 saturated heterocycles. The van der Waals surface area contributed by atoms with Crippen LogP contribution in [0.5, 0.6) is 0 Å². The Morgan fingerprint density at radius 1 is 1.13 bits per heavy atom. The molecule has 0 spiro atoms. The third kappa shape index (κ3) is 3.59. The monoisotopic (exact) mass is 311 g/mol. The van der Waals surface area contributed by atoms with Crippen LogP contribution in [0.2, 0.25) is 0 Å². The number of halogens is 1. The van der Waals surface area contributed by atoms with Gasteiger partial charge >= 0.3 is 0 Å². The van der Waals surface area contributed by atoms with Gasteiger partial charge in [0.25, 0.3) is 5.91 Å². The molecule has 3 rings (SSSR count). The molecule has 0 heterocycles. The molecular formula is C19H18FNO2. The van der Waals surface area contributed by atoms with E-state index in [1.807, 2.05) is 24.3 Å². The van der Waals surface area contributed by atoms with Crippen molar-refractivity contribution < 1.29 is 13.9 Å². The lowest BCUT2D eigenvalue weighted by Crippen LogP contribution is -2.30. The van der Waals surface area contributed by atoms with Gasteiger partial charge in [0.1, 0.15) is 11.6 Å². The zero-order valence-corrected chi connectivity index (χ0v) is 12.8. The van der Waals surface area contributed by atoms with Crippen molar-refractivity contribution in [2.24, 2.45) is 11.8 Å². The minimum atomic E-state index is -0.641. The molecule has 1 N–H and O–H groups in total. The second-order valence-corrected chi connectivity index (χ2v) is 5.58. The zero-order chi connectivity index (χ0) is 16.2. The average molecular weight is 311 g/mol. The number of allylic oxidation sites excluding steroid dienone is 7. The van der Waals surface area contributed by atoms with Crippen molar-refractivity contribution in [3.05, 3.63) is 78.4 Å². The Labute approximate surface area is 134 Å². The second kappa shape index (κ2) is 6.65. The smallest absolute Gasteiger partial charge is 0.265 e. The van der Waals surface area contributed by atoms with Gasteiger partial charge in [-0.1, -0.05) is 36.5 Å². The highest BCUT2D eigenvalue weighted by atomic mass is 19.1. The first kappa shape index (κ1) is 15.3. The molecule has 1 aromatic rings. The molecule has 0 radical (unpaired) electrons. The van der Waals surface area contributed by atoms with Gasteiger partial charge in [0.2, 0.25) is 0 Å². The van der Waals surface area contributed by atoms with Gasteiger partial charge in [-0.15, -0.1) is 0 Å². The number of anilines is 1. The van der Waals surface area contributed by atoms with Gasteiger partial charge in [-0.05, 0) is 37.3 Å². The predicted octanol–water partition coefficient (Wildman–Crippen LogP) is 3.98. The van der Waals surface area contributed by atoms with Crippen LogP contribution >= 0.6 is 0 Å². The van der Waals surface area contributed by atoms with E-state index in [1.54, 1.807) is 6.92 Å². The lowest BCUT2D eigenvalue weighted by molar-refractivity contribution is -0.124. The van der Waals surface area contributed by atoms with Crippen molar-refractivity contribution in [1.82, 2.24) is 0 Å². The van der Waals surface area contributed by atoms with Crippen molar-refractivity contribution in [2.75, 3.05) is 5.32 Å². The summed E-state index contributed by atoms with van der Waals surface area (Å²) in [6.45, 7) is 1.70. The first-order chi connectivity index (χ1) is 11.1. The van der Waals surface area contributed by atoms with Gasteiger partial charge in [-0.3, -0.25) is 4.79 Å². The van der Waals surface area contributed by atoms with Crippen molar-refractivity contribution in [1.29, 1.82) is 0 Å². The lowest BCUT2D eigenvalue weighted by atomic mass is 9.84. The van der Waals surface area contributed by atoms with E-state index in [1.165, 1.54) is 24.3 Å². The summed E-state index contributed by atoms with van der Waals surface area (Å²) in [5.74, 6) is 0.576. The first-order valence-corrected chi connectivity index (χ1v) is 7.60. The van der Waals surface area contributed by atoms with Crippen LogP contribution < -0.4 is 5.32 Å². The number of carbonyl (C=O) groups excluding carboxylic acids is 1. The minimum Gasteiger partial charge on any atom is -0.485 e. The fourth-order valence-corrected chi connectivity index (χ4v) is 2.64. The summed E-state index contributed by atoms with van der Waals surface area (Å²) in [7, 11) is 0. The van der Waals surface area contributed by atoms with E-state index in [9.17, 15) is 9.18 Å². The van der Waals surface area contributed by atoms with Gasteiger partial charge in [0.05, 0.1) is 0 Å². The summed E-state index contributed by atoms with van der Waals surface area (Å²) >= 11 is 0. The zero-order valence-electron chi connectivity index (χ0n) is 12.8. The molecule has 0 aliphatic heterocycles. The topological polar surface area (TPSA) is 38.3 Å². The van der Waals surface area contributed by atoms with Crippen LogP contribution in [0.3, 0.4) is 0 Å². The van der Waals surface area contributed by atoms with Crippen LogP contribution in [0, 0.1) is 17.7 Å². The second-order valence-electron chi connectivity index (χ2n) is 5.58. The van der Waals surface area contributed by atoms with Crippen molar-refractivity contribution >= 4 is 11.6 Å². The van der Waals surface area contributed by atoms with Crippen LogP contribution in [-0.2, 0) is 9.53 Å². The maximum atomic E-state index is 12.9. The molecule has 23 heavy (non-hydrogen) atoms. The molecule has 1 aromatic carbocycles. The van der Waals surface area contributed by atoms with Crippen molar-refractivity contribution in [3.8, 4) is 0 Å². The van der Waals surface area contributed by atoms with Gasteiger partial charge in [-0.2, -0.15) is 0 Å². The van der Waals surface area contributed by atoms with Crippen molar-refractivity contribution in [3.63, 3.8) is 0 Å². The van der Waals surface area contributed by atoms with Gasteiger partial charge in [0.15, 0.2) is 6.10 Å². The highest BCUT2D eigenvalue weighted by Gasteiger charge is 2.26. The normalized spacial score (nSPS) is 23.0. The Morgan fingerprint density at radius 2 is 1.83 bits per heavy atom. The maximum Gasteiger partial charge on any atom is 0.265 e. The Kier molecular flexibility index (Phi) is 4.42. The fraction of sp³-hybridized carbons (Fsp3) is 0.211. The van der Waals surface area contributed by atoms with Crippen LogP contribution in [0.25, 0.3) is 0 Å². The number of benzene rings is 1. The Morgan fingerprint density at radius 3 is 2.61 bits per heavy atom. The Balaban J connectivity index is 1.63. The van der Waals surface area contributed by atoms with Crippen LogP contribution in [0.4, 0.5) is 10.1 Å². The molecule has 0 fully saturated rings. The number of hydrogen-bond donors (Lipinski definition) is 1. The summed E-state index contributed by atoms with van der Waals surface area (Å²) in [4.78, 5) is 12.2. The molecule has 3 unspecified atom stereocenters. The molecule has 118 valence electrons. The first-order valence-electron chi connectivity index (χ1n) is 7.60. The lowest BCUT2D eigenvalue weighted by Gasteiger charge is -2.28. The summed E-state index contributed by atoms with van der Waals surface area (Å²) in [5, 5.41) is 2.72. The van der Waals surface area contributed by atoms with E-state index in [4.69, 9.17) is 4.74 Å². The predicted molar refractivity (Wildman–Crippen MR) is 88.1 cm³/mol. The number of hydrogen-bond acceptors (Lipinski definition) is 2. The molecule has 1 amide bonds. The summed E-state index contributed by atoms with van der Waals surface area (Å²) in [5.41, 5.74) is 0.544. The SMILES string of the molecule is CC(OC1=CC=CC2C=CC=CC12)C(=O)Nc1ccc(F)cc1. The van der Waals surface area contributed by atoms with E-state index >= 15 is 0 Å². The number of ether oxygens (including phenoxy) is 1. The molecule has 2 aliphatic rings. The number of nitrogens with one attached hydrogen (secondary N) is 1. The molecule has 2 aliphatic carbocycles. The van der Waals surface area contributed by atoms with Crippen molar-refractivity contribution in [2.45, 2.75) is 13.0 Å². The van der Waals surface area contributed by atoms with E-state index in [-0.39, 0.29) is 23.6 Å². The maximum absolute atomic E-state index is 12.9. The van der Waals surface area contributed by atoms with Crippen LogP contribution in [0.15, 0.2) is 72.6 Å². The number of carbonyl (C=O) groups is 1. The Bertz CT molecular complexity index is 701. The average Bonchev–Trinajstić information content (AvgIpc) is 2.57. The molecule has 0 aromatic heterocycles. The molecule has 3 atom stereocenters. The molecule has 0 bridgehead atoms. The molecule has 4 heteroatoms. The standard InChI is InChI=1S/C19H18FNO2/c1-13(19(22)21-16-11-9-15(20)10-12-16)23-18-8-4-6-14-5-2-3-7-17(14)18/h2-14,17H,1H3,(H,21,22). The largest absolute Gasteiger partial charge is 0.485 e. The van der Waals surface area contributed by atoms with E-state index in [0.29, 0.717) is 5.69 Å². The molecular weight excluding hydrogens is 293 g/mol. The molecule has 0 saturated carbocycles. The van der Waals surface area contributed by atoms with E-state index in [0.717, 1.165) is 5.76 Å². The number of amides is 1. The fourth-order valence-electron chi connectivity index (χ4n) is 2.64. The summed E-state index contributed by atoms with van der Waals surface area (Å²) < 4.78 is 18.7.